The van der Waals surface area contributed by atoms with E-state index in [1.807, 2.05) is 4.90 Å². The number of β-amino-alcohol motifs (C(OH)–C–C–N with tert-alkyl or cyclic N) is 1. The first-order valence-corrected chi connectivity index (χ1v) is 8.97. The van der Waals surface area contributed by atoms with E-state index in [2.05, 4.69) is 15.3 Å². The zero-order chi connectivity index (χ0) is 17.2. The SMILES string of the molecule is O=C(N[C@@H]1CCN(c2cnccn2)C[C@H]1O)c1scc2c1OCCO2. The lowest BCUT2D eigenvalue weighted by molar-refractivity contribution is 0.0794. The van der Waals surface area contributed by atoms with Crippen LogP contribution < -0.4 is 19.7 Å². The number of carbonyl (C=O) groups excluding carboxylic acids is 1. The Labute approximate surface area is 148 Å². The molecule has 2 atom stereocenters. The molecule has 2 N–H and O–H groups in total. The molecule has 2 aliphatic rings. The lowest BCUT2D eigenvalue weighted by Crippen LogP contribution is -2.54. The highest BCUT2D eigenvalue weighted by atomic mass is 32.1. The molecule has 4 heterocycles. The predicted molar refractivity (Wildman–Crippen MR) is 91.4 cm³/mol. The minimum absolute atomic E-state index is 0.242. The Morgan fingerprint density at radius 1 is 1.36 bits per heavy atom. The summed E-state index contributed by atoms with van der Waals surface area (Å²) in [5.41, 5.74) is 0. The Bertz CT molecular complexity index is 754. The lowest BCUT2D eigenvalue weighted by Gasteiger charge is -2.36. The Hall–Kier alpha value is -2.39. The maximum Gasteiger partial charge on any atom is 0.265 e. The van der Waals surface area contributed by atoms with Crippen molar-refractivity contribution in [3.8, 4) is 11.5 Å². The smallest absolute Gasteiger partial charge is 0.265 e. The third-order valence-corrected chi connectivity index (χ3v) is 5.22. The number of aromatic nitrogens is 2. The maximum absolute atomic E-state index is 12.6. The number of nitrogens with zero attached hydrogens (tertiary/aromatic N) is 3. The largest absolute Gasteiger partial charge is 0.485 e. The van der Waals surface area contributed by atoms with Crippen LogP contribution in [0, 0.1) is 0 Å². The number of thiophene rings is 1. The molecular weight excluding hydrogens is 344 g/mol. The zero-order valence-electron chi connectivity index (χ0n) is 13.4. The molecule has 2 aromatic heterocycles. The molecule has 0 saturated carbocycles. The van der Waals surface area contributed by atoms with E-state index in [1.54, 1.807) is 24.0 Å². The molecule has 1 fully saturated rings. The van der Waals surface area contributed by atoms with Crippen LogP contribution in [-0.4, -0.2) is 59.4 Å². The van der Waals surface area contributed by atoms with Gasteiger partial charge < -0.3 is 24.8 Å². The molecular formula is C16H18N4O4S. The molecule has 0 bridgehead atoms. The summed E-state index contributed by atoms with van der Waals surface area (Å²) in [5.74, 6) is 1.60. The fourth-order valence-corrected chi connectivity index (χ4v) is 3.85. The number of piperidine rings is 1. The number of ether oxygens (including phenoxy) is 2. The van der Waals surface area contributed by atoms with Crippen molar-refractivity contribution < 1.29 is 19.4 Å². The summed E-state index contributed by atoms with van der Waals surface area (Å²) in [4.78, 5) is 23.3. The molecule has 2 aromatic rings. The molecule has 9 heteroatoms. The van der Waals surface area contributed by atoms with Crippen LogP contribution in [-0.2, 0) is 0 Å². The van der Waals surface area contributed by atoms with Crippen molar-refractivity contribution in [3.05, 3.63) is 28.8 Å². The summed E-state index contributed by atoms with van der Waals surface area (Å²) >= 11 is 1.29. The van der Waals surface area contributed by atoms with Crippen LogP contribution in [0.3, 0.4) is 0 Å². The average molecular weight is 362 g/mol. The van der Waals surface area contributed by atoms with Crippen molar-refractivity contribution in [1.29, 1.82) is 0 Å². The van der Waals surface area contributed by atoms with E-state index in [0.29, 0.717) is 49.1 Å². The van der Waals surface area contributed by atoms with Crippen LogP contribution >= 0.6 is 11.3 Å². The Morgan fingerprint density at radius 3 is 3.04 bits per heavy atom. The fraction of sp³-hybridized carbons (Fsp3) is 0.438. The molecule has 25 heavy (non-hydrogen) atoms. The van der Waals surface area contributed by atoms with Crippen LogP contribution in [0.25, 0.3) is 0 Å². The summed E-state index contributed by atoms with van der Waals surface area (Å²) in [7, 11) is 0. The number of anilines is 1. The molecule has 0 radical (unpaired) electrons. The van der Waals surface area contributed by atoms with E-state index >= 15 is 0 Å². The van der Waals surface area contributed by atoms with Gasteiger partial charge in [-0.05, 0) is 6.42 Å². The van der Waals surface area contributed by atoms with Gasteiger partial charge in [-0.1, -0.05) is 0 Å². The Kier molecular flexibility index (Phi) is 4.41. The summed E-state index contributed by atoms with van der Waals surface area (Å²) in [6.45, 7) is 2.00. The Morgan fingerprint density at radius 2 is 2.24 bits per heavy atom. The van der Waals surface area contributed by atoms with Gasteiger partial charge >= 0.3 is 0 Å². The highest BCUT2D eigenvalue weighted by Crippen LogP contribution is 2.39. The lowest BCUT2D eigenvalue weighted by atomic mass is 10.0. The van der Waals surface area contributed by atoms with E-state index in [4.69, 9.17) is 9.47 Å². The minimum atomic E-state index is -0.687. The van der Waals surface area contributed by atoms with Gasteiger partial charge in [-0.2, -0.15) is 0 Å². The van der Waals surface area contributed by atoms with Gasteiger partial charge in [0.15, 0.2) is 11.5 Å². The van der Waals surface area contributed by atoms with Gasteiger partial charge in [0.1, 0.15) is 23.9 Å². The first kappa shape index (κ1) is 16.1. The molecule has 0 aromatic carbocycles. The van der Waals surface area contributed by atoms with Crippen molar-refractivity contribution >= 4 is 23.1 Å². The number of carbonyl (C=O) groups is 1. The van der Waals surface area contributed by atoms with E-state index < -0.39 is 6.10 Å². The Balaban J connectivity index is 1.40. The van der Waals surface area contributed by atoms with E-state index in [1.165, 1.54) is 11.3 Å². The molecule has 0 unspecified atom stereocenters. The van der Waals surface area contributed by atoms with Crippen molar-refractivity contribution in [2.75, 3.05) is 31.2 Å². The van der Waals surface area contributed by atoms with Crippen molar-refractivity contribution in [2.24, 2.45) is 0 Å². The number of hydrogen-bond donors (Lipinski definition) is 2. The number of rotatable bonds is 3. The van der Waals surface area contributed by atoms with E-state index in [0.717, 1.165) is 5.82 Å². The van der Waals surface area contributed by atoms with Crippen molar-refractivity contribution in [1.82, 2.24) is 15.3 Å². The highest BCUT2D eigenvalue weighted by Gasteiger charge is 2.31. The summed E-state index contributed by atoms with van der Waals surface area (Å²) in [5, 5.41) is 15.1. The number of fused-ring (bicyclic) bond motifs is 1. The third-order valence-electron chi connectivity index (χ3n) is 4.28. The van der Waals surface area contributed by atoms with Gasteiger partial charge in [0.25, 0.3) is 5.91 Å². The first-order valence-electron chi connectivity index (χ1n) is 8.09. The van der Waals surface area contributed by atoms with Crippen molar-refractivity contribution in [2.45, 2.75) is 18.6 Å². The van der Waals surface area contributed by atoms with E-state index in [9.17, 15) is 9.90 Å². The van der Waals surface area contributed by atoms with Crippen LogP contribution in [0.1, 0.15) is 16.1 Å². The van der Waals surface area contributed by atoms with Gasteiger partial charge in [-0.25, -0.2) is 4.98 Å². The second-order valence-corrected chi connectivity index (χ2v) is 6.78. The monoisotopic (exact) mass is 362 g/mol. The zero-order valence-corrected chi connectivity index (χ0v) is 14.2. The summed E-state index contributed by atoms with van der Waals surface area (Å²) in [6.07, 6.45) is 4.83. The fourth-order valence-electron chi connectivity index (χ4n) is 3.02. The topological polar surface area (TPSA) is 96.8 Å². The summed E-state index contributed by atoms with van der Waals surface area (Å²) < 4.78 is 11.0. The molecule has 2 aliphatic heterocycles. The average Bonchev–Trinajstić information content (AvgIpc) is 3.08. The van der Waals surface area contributed by atoms with Gasteiger partial charge in [0.2, 0.25) is 0 Å². The molecule has 0 spiro atoms. The third kappa shape index (κ3) is 3.24. The minimum Gasteiger partial charge on any atom is -0.485 e. The number of aliphatic hydroxyl groups excluding tert-OH is 1. The molecule has 132 valence electrons. The highest BCUT2D eigenvalue weighted by molar-refractivity contribution is 7.12. The van der Waals surface area contributed by atoms with Gasteiger partial charge in [-0.3, -0.25) is 9.78 Å². The van der Waals surface area contributed by atoms with Crippen molar-refractivity contribution in [3.63, 3.8) is 0 Å². The number of nitrogens with one attached hydrogen (secondary N) is 1. The summed E-state index contributed by atoms with van der Waals surface area (Å²) in [6, 6.07) is -0.317. The predicted octanol–water partition coefficient (Wildman–Crippen LogP) is 0.679. The van der Waals surface area contributed by atoms with Crippen LogP contribution in [0.4, 0.5) is 5.82 Å². The second kappa shape index (κ2) is 6.85. The van der Waals surface area contributed by atoms with Gasteiger partial charge in [0.05, 0.1) is 18.3 Å². The van der Waals surface area contributed by atoms with Crippen LogP contribution in [0.15, 0.2) is 24.0 Å². The van der Waals surface area contributed by atoms with Crippen LogP contribution in [0.2, 0.25) is 0 Å². The normalized spacial score (nSPS) is 22.5. The number of amides is 1. The quantitative estimate of drug-likeness (QED) is 0.829. The molecule has 4 rings (SSSR count). The standard InChI is InChI=1S/C16H18N4O4S/c21-11-8-20(13-7-17-2-3-18-13)4-1-10(11)19-16(22)15-14-12(9-25-15)23-5-6-24-14/h2-3,7,9-11,21H,1,4-6,8H2,(H,19,22)/t10-,11-/m1/s1. The first-order chi connectivity index (χ1) is 12.2. The molecule has 0 aliphatic carbocycles. The second-order valence-electron chi connectivity index (χ2n) is 5.90. The maximum atomic E-state index is 12.6. The molecule has 8 nitrogen and oxygen atoms in total. The molecule has 1 saturated heterocycles. The van der Waals surface area contributed by atoms with E-state index in [-0.39, 0.29) is 11.9 Å². The molecule has 1 amide bonds. The number of aliphatic hydroxyl groups is 1. The van der Waals surface area contributed by atoms with Crippen LogP contribution in [0.5, 0.6) is 11.5 Å². The number of hydrogen-bond acceptors (Lipinski definition) is 8. The van der Waals surface area contributed by atoms with Gasteiger partial charge in [-0.15, -0.1) is 11.3 Å². The van der Waals surface area contributed by atoms with Gasteiger partial charge in [0, 0.05) is 30.9 Å².